The lowest BCUT2D eigenvalue weighted by molar-refractivity contribution is 0.192. The number of benzene rings is 4. The molecule has 0 aliphatic rings. The summed E-state index contributed by atoms with van der Waals surface area (Å²) in [7, 11) is -5.48. The summed E-state index contributed by atoms with van der Waals surface area (Å²) in [5.74, 6) is 1.48. The minimum Gasteiger partial charge on any atom is -0.493 e. The number of methoxy groups -OCH3 is 2. The van der Waals surface area contributed by atoms with Gasteiger partial charge in [-0.2, -0.15) is 26.8 Å². The third-order valence-electron chi connectivity index (χ3n) is 11.7. The summed E-state index contributed by atoms with van der Waals surface area (Å²) in [4.78, 5) is 34.1. The van der Waals surface area contributed by atoms with Crippen molar-refractivity contribution in [1.29, 1.82) is 0 Å². The van der Waals surface area contributed by atoms with Crippen molar-refractivity contribution < 1.29 is 55.1 Å². The van der Waals surface area contributed by atoms with Crippen LogP contribution in [0.2, 0.25) is 0 Å². The molecule has 0 spiro atoms. The van der Waals surface area contributed by atoms with E-state index in [0.29, 0.717) is 45.8 Å². The summed E-state index contributed by atoms with van der Waals surface area (Å²) >= 11 is 0. The molecular weight excluding hydrogens is 1120 g/mol. The molecule has 0 aliphatic carbocycles. The maximum atomic E-state index is 13.4. The van der Waals surface area contributed by atoms with Crippen LogP contribution in [0.15, 0.2) is 165 Å². The molecule has 0 saturated carbocycles. The van der Waals surface area contributed by atoms with Crippen LogP contribution in [0.5, 0.6) is 52.3 Å². The molecule has 5 aromatic heterocycles. The zero-order valence-electron chi connectivity index (χ0n) is 46.4. The minimum absolute atomic E-state index is 0.0139. The molecule has 0 atom stereocenters. The molecule has 0 fully saturated rings. The van der Waals surface area contributed by atoms with Crippen LogP contribution in [0, 0.1) is 0 Å². The zero-order valence-corrected chi connectivity index (χ0v) is 48.0. The molecule has 0 saturated heterocycles. The molecule has 9 aromatic rings. The van der Waals surface area contributed by atoms with Crippen molar-refractivity contribution >= 4 is 43.4 Å². The molecule has 0 radical (unpaired) electrons. The lowest BCUT2D eigenvalue weighted by Crippen LogP contribution is -2.23. The van der Waals surface area contributed by atoms with Crippen LogP contribution in [0.1, 0.15) is 50.7 Å². The van der Waals surface area contributed by atoms with Crippen molar-refractivity contribution in [3.8, 4) is 75.0 Å². The van der Waals surface area contributed by atoms with Gasteiger partial charge in [-0.25, -0.2) is 29.4 Å². The summed E-state index contributed by atoms with van der Waals surface area (Å²) in [5.41, 5.74) is 3.98. The van der Waals surface area contributed by atoms with Gasteiger partial charge in [0.05, 0.1) is 32.2 Å². The van der Waals surface area contributed by atoms with Gasteiger partial charge in [0.25, 0.3) is 11.8 Å². The monoisotopic (exact) mass is 1180 g/mol. The van der Waals surface area contributed by atoms with Crippen LogP contribution in [0.4, 0.5) is 23.0 Å². The summed E-state index contributed by atoms with van der Waals surface area (Å²) < 4.78 is 104. The Bertz CT molecular complexity index is 3810. The topological polar surface area (TPSA) is 304 Å². The highest BCUT2D eigenvalue weighted by Crippen LogP contribution is 2.43. The Labute approximate surface area is 486 Å². The Kier molecular flexibility index (Phi) is 20.5. The number of ether oxygens (including phenoxy) is 7. The van der Waals surface area contributed by atoms with Crippen LogP contribution in [-0.4, -0.2) is 102 Å². The quantitative estimate of drug-likeness (QED) is 0.0315. The highest BCUT2D eigenvalue weighted by molar-refractivity contribution is 7.94. The van der Waals surface area contributed by atoms with Gasteiger partial charge in [0.2, 0.25) is 11.5 Å². The van der Waals surface area contributed by atoms with E-state index in [0.717, 1.165) is 11.1 Å². The van der Waals surface area contributed by atoms with E-state index in [1.54, 1.807) is 140 Å². The molecule has 5 heterocycles. The van der Waals surface area contributed by atoms with Gasteiger partial charge in [-0.05, 0) is 102 Å². The smallest absolute Gasteiger partial charge is 0.322 e. The van der Waals surface area contributed by atoms with Gasteiger partial charge in [0, 0.05) is 48.3 Å². The summed E-state index contributed by atoms with van der Waals surface area (Å²) in [6, 6.07) is 36.4. The fourth-order valence-corrected chi connectivity index (χ4v) is 9.31. The van der Waals surface area contributed by atoms with Crippen molar-refractivity contribution in [2.75, 3.05) is 59.5 Å². The van der Waals surface area contributed by atoms with E-state index in [1.165, 1.54) is 14.2 Å². The first-order valence-corrected chi connectivity index (χ1v) is 28.9. The summed E-state index contributed by atoms with van der Waals surface area (Å²) in [6.07, 6.45) is 9.35. The highest BCUT2D eigenvalue weighted by Gasteiger charge is 2.27. The Hall–Kier alpha value is -9.92. The van der Waals surface area contributed by atoms with E-state index < -0.39 is 20.4 Å². The number of para-hydroxylation sites is 4. The molecule has 0 aliphatic heterocycles. The Morgan fingerprint density at radius 1 is 0.452 bits per heavy atom. The first-order chi connectivity index (χ1) is 40.6. The Morgan fingerprint density at radius 2 is 0.845 bits per heavy atom. The fraction of sp³-hybridized carbons (Fsp3) is 0.207. The van der Waals surface area contributed by atoms with Crippen LogP contribution < -0.4 is 52.0 Å². The number of hydrogen-bond acceptors (Lipinski definition) is 20. The average Bonchev–Trinajstić information content (AvgIpc) is 2.38. The lowest BCUT2D eigenvalue weighted by atomic mass is 10.0. The number of aliphatic hydroxyl groups is 1. The van der Waals surface area contributed by atoms with Gasteiger partial charge in [0.1, 0.15) is 19.8 Å². The maximum Gasteiger partial charge on any atom is 0.322 e. The number of hydrogen-bond donors (Lipinski definition) is 5. The molecule has 84 heavy (non-hydrogen) atoms. The van der Waals surface area contributed by atoms with Crippen LogP contribution in [-0.2, 0) is 20.4 Å². The van der Waals surface area contributed by atoms with Crippen LogP contribution >= 0.6 is 0 Å². The predicted molar refractivity (Wildman–Crippen MR) is 316 cm³/mol. The molecule has 0 unspecified atom stereocenters. The number of aromatic nitrogens is 8. The third kappa shape index (κ3) is 16.8. The van der Waals surface area contributed by atoms with E-state index in [-0.39, 0.29) is 90.5 Å². The average molecular weight is 1180 g/mol. The van der Waals surface area contributed by atoms with Gasteiger partial charge in [-0.1, -0.05) is 76.2 Å². The molecule has 5 N–H and O–H groups in total. The fourth-order valence-electron chi connectivity index (χ4n) is 7.53. The summed E-state index contributed by atoms with van der Waals surface area (Å²) in [6.45, 7) is 7.83. The van der Waals surface area contributed by atoms with Gasteiger partial charge in [-0.3, -0.25) is 19.4 Å². The van der Waals surface area contributed by atoms with E-state index in [2.05, 4.69) is 86.5 Å². The molecule has 9 rings (SSSR count). The molecule has 4 aromatic carbocycles. The van der Waals surface area contributed by atoms with Crippen LogP contribution in [0.25, 0.3) is 22.8 Å². The standard InChI is InChI=1S/C31H31N7O6S.C27H29N5O6S/c1-21(2)22-9-11-24(12-10-22)37-45(39,40)38-29-27(44-26-8-5-4-7-25(26)41-3)30(36-28(35-29)23-13-17-32-18-14-23)42-19-20-43-31-33-15-6-16-34-31;1-18(2)19-8-10-21(11-9-19)31-39(34,35)32-26-24(38-23-7-5-4-6-22(23)36-3)27(37-17-16-33)30-25(29-26)20-12-14-28-15-13-20/h4-18,21,37H,19-20H2,1-3H3,(H,35,36,38);4-15,18,31,33H,16-17H2,1-3H3,(H,29,30,32). The summed E-state index contributed by atoms with van der Waals surface area (Å²) in [5, 5.41) is 9.39. The van der Waals surface area contributed by atoms with Crippen molar-refractivity contribution in [2.45, 2.75) is 39.5 Å². The van der Waals surface area contributed by atoms with Crippen molar-refractivity contribution in [1.82, 2.24) is 39.9 Å². The molecule has 0 bridgehead atoms. The Morgan fingerprint density at radius 3 is 1.24 bits per heavy atom. The van der Waals surface area contributed by atoms with Crippen LogP contribution in [0.3, 0.4) is 0 Å². The number of aliphatic hydroxyl groups excluding tert-OH is 1. The van der Waals surface area contributed by atoms with E-state index in [4.69, 9.17) is 33.2 Å². The lowest BCUT2D eigenvalue weighted by Gasteiger charge is -2.18. The van der Waals surface area contributed by atoms with Gasteiger partial charge in [0.15, 0.2) is 46.3 Å². The molecule has 26 heteroatoms. The zero-order chi connectivity index (χ0) is 59.5. The highest BCUT2D eigenvalue weighted by atomic mass is 32.2. The second-order valence-corrected chi connectivity index (χ2v) is 21.1. The second-order valence-electron chi connectivity index (χ2n) is 18.3. The van der Waals surface area contributed by atoms with Gasteiger partial charge >= 0.3 is 26.4 Å². The van der Waals surface area contributed by atoms with Crippen molar-refractivity contribution in [3.63, 3.8) is 0 Å². The molecule has 0 amide bonds. The van der Waals surface area contributed by atoms with E-state index >= 15 is 0 Å². The van der Waals surface area contributed by atoms with Crippen molar-refractivity contribution in [3.05, 3.63) is 176 Å². The first kappa shape index (κ1) is 60.2. The van der Waals surface area contributed by atoms with Gasteiger partial charge in [-0.15, -0.1) is 0 Å². The normalized spacial score (nSPS) is 11.2. The molecule has 436 valence electrons. The van der Waals surface area contributed by atoms with E-state index in [1.807, 2.05) is 24.3 Å². The first-order valence-electron chi connectivity index (χ1n) is 25.9. The number of nitrogens with one attached hydrogen (secondary N) is 4. The number of rotatable bonds is 26. The number of pyridine rings is 2. The molecule has 24 nitrogen and oxygen atoms in total. The number of nitrogens with zero attached hydrogens (tertiary/aromatic N) is 8. The minimum atomic E-state index is -4.24. The SMILES string of the molecule is COc1ccccc1Oc1c(NS(=O)(=O)Nc2ccc(C(C)C)cc2)nc(-c2ccncc2)nc1OCCO.COc1ccccc1Oc1c(NS(=O)(=O)Nc2ccc(C(C)C)cc2)nc(-c2ccncc2)nc1OCCOc1ncccn1. The largest absolute Gasteiger partial charge is 0.493 e. The Balaban J connectivity index is 0.000000221. The van der Waals surface area contributed by atoms with Crippen molar-refractivity contribution in [2.24, 2.45) is 0 Å². The van der Waals surface area contributed by atoms with Gasteiger partial charge < -0.3 is 38.3 Å². The second kappa shape index (κ2) is 28.7. The van der Waals surface area contributed by atoms with E-state index in [9.17, 15) is 21.9 Å². The molecular formula is C58H60N12O12S2. The third-order valence-corrected chi connectivity index (χ3v) is 13.6. The predicted octanol–water partition coefficient (Wildman–Crippen LogP) is 10.1. The number of anilines is 4. The maximum absolute atomic E-state index is 13.4.